The highest BCUT2D eigenvalue weighted by Crippen LogP contribution is 2.36. The van der Waals surface area contributed by atoms with Gasteiger partial charge in [-0.3, -0.25) is 0 Å². The second-order valence-electron chi connectivity index (χ2n) is 3.20. The highest BCUT2D eigenvalue weighted by Gasteiger charge is 2.20. The minimum absolute atomic E-state index is 0.245. The molecule has 64 valence electrons. The van der Waals surface area contributed by atoms with Crippen LogP contribution in [-0.4, -0.2) is 5.11 Å². The fourth-order valence-electron chi connectivity index (χ4n) is 1.77. The van der Waals surface area contributed by atoms with Gasteiger partial charge in [0.05, 0.1) is 0 Å². The number of halogens is 1. The van der Waals surface area contributed by atoms with Gasteiger partial charge in [0.2, 0.25) is 0 Å². The Morgan fingerprint density at radius 1 is 1.42 bits per heavy atom. The number of hydrogen-bond donors (Lipinski definition) is 1. The van der Waals surface area contributed by atoms with E-state index in [4.69, 9.17) is 0 Å². The molecule has 2 heteroatoms. The maximum atomic E-state index is 13.2. The second-order valence-corrected chi connectivity index (χ2v) is 3.20. The molecular formula is C10H11FO. The van der Waals surface area contributed by atoms with Gasteiger partial charge in [0.25, 0.3) is 0 Å². The highest BCUT2D eigenvalue weighted by molar-refractivity contribution is 5.41. The Morgan fingerprint density at radius 3 is 3.00 bits per heavy atom. The van der Waals surface area contributed by atoms with Crippen molar-refractivity contribution in [3.05, 3.63) is 29.3 Å². The molecule has 1 N–H and O–H groups in total. The van der Waals surface area contributed by atoms with Crippen molar-refractivity contribution in [2.45, 2.75) is 25.4 Å². The van der Waals surface area contributed by atoms with Gasteiger partial charge in [0.15, 0.2) is 0 Å². The van der Waals surface area contributed by atoms with Gasteiger partial charge in [-0.25, -0.2) is 4.39 Å². The standard InChI is InChI=1S/C10H11FO/c11-9-5-1-4-8-7(9)3-2-6-10(8)12/h2-3,6,9,12H,1,4-5H2. The molecule has 0 aliphatic heterocycles. The lowest BCUT2D eigenvalue weighted by Crippen LogP contribution is -2.05. The van der Waals surface area contributed by atoms with E-state index < -0.39 is 6.17 Å². The Kier molecular flexibility index (Phi) is 1.75. The number of phenols is 1. The van der Waals surface area contributed by atoms with Crippen molar-refractivity contribution in [2.75, 3.05) is 0 Å². The minimum Gasteiger partial charge on any atom is -0.508 e. The van der Waals surface area contributed by atoms with Crippen LogP contribution in [0.5, 0.6) is 5.75 Å². The fraction of sp³-hybridized carbons (Fsp3) is 0.400. The number of rotatable bonds is 0. The predicted octanol–water partition coefficient (Wildman–Crippen LogP) is 2.74. The van der Waals surface area contributed by atoms with E-state index in [1.54, 1.807) is 18.2 Å². The number of hydrogen-bond acceptors (Lipinski definition) is 1. The molecule has 1 aliphatic carbocycles. The van der Waals surface area contributed by atoms with Crippen LogP contribution in [0.2, 0.25) is 0 Å². The SMILES string of the molecule is Oc1cccc2c1CCCC2F. The maximum absolute atomic E-state index is 13.2. The lowest BCUT2D eigenvalue weighted by atomic mass is 9.90. The van der Waals surface area contributed by atoms with Crippen LogP contribution < -0.4 is 0 Å². The number of phenolic OH excluding ortho intramolecular Hbond substituents is 1. The number of benzene rings is 1. The third kappa shape index (κ3) is 1.07. The van der Waals surface area contributed by atoms with Crippen molar-refractivity contribution in [3.8, 4) is 5.75 Å². The lowest BCUT2D eigenvalue weighted by molar-refractivity contribution is 0.299. The summed E-state index contributed by atoms with van der Waals surface area (Å²) in [5.74, 6) is 0.245. The van der Waals surface area contributed by atoms with Gasteiger partial charge in [-0.1, -0.05) is 12.1 Å². The van der Waals surface area contributed by atoms with Gasteiger partial charge >= 0.3 is 0 Å². The molecule has 1 nitrogen and oxygen atoms in total. The Labute approximate surface area is 70.8 Å². The van der Waals surface area contributed by atoms with Crippen LogP contribution in [0.4, 0.5) is 4.39 Å². The molecule has 1 atom stereocenters. The largest absolute Gasteiger partial charge is 0.508 e. The lowest BCUT2D eigenvalue weighted by Gasteiger charge is -2.19. The summed E-state index contributed by atoms with van der Waals surface area (Å²) in [7, 11) is 0. The first-order chi connectivity index (χ1) is 5.79. The summed E-state index contributed by atoms with van der Waals surface area (Å²) >= 11 is 0. The van der Waals surface area contributed by atoms with Crippen molar-refractivity contribution in [1.82, 2.24) is 0 Å². The van der Waals surface area contributed by atoms with Crippen molar-refractivity contribution in [3.63, 3.8) is 0 Å². The zero-order valence-corrected chi connectivity index (χ0v) is 6.76. The molecule has 0 radical (unpaired) electrons. The normalized spacial score (nSPS) is 21.9. The van der Waals surface area contributed by atoms with Gasteiger partial charge in [-0.2, -0.15) is 0 Å². The van der Waals surface area contributed by atoms with Crippen molar-refractivity contribution in [2.24, 2.45) is 0 Å². The summed E-state index contributed by atoms with van der Waals surface area (Å²) in [6, 6.07) is 5.09. The van der Waals surface area contributed by atoms with Crippen molar-refractivity contribution in [1.29, 1.82) is 0 Å². The monoisotopic (exact) mass is 166 g/mol. The summed E-state index contributed by atoms with van der Waals surface area (Å²) in [4.78, 5) is 0. The van der Waals surface area contributed by atoms with E-state index >= 15 is 0 Å². The zero-order valence-electron chi connectivity index (χ0n) is 6.76. The van der Waals surface area contributed by atoms with Gasteiger partial charge in [-0.05, 0) is 36.5 Å². The van der Waals surface area contributed by atoms with Crippen LogP contribution in [0, 0.1) is 0 Å². The molecule has 0 heterocycles. The Hall–Kier alpha value is -1.05. The van der Waals surface area contributed by atoms with Crippen molar-refractivity contribution >= 4 is 0 Å². The molecule has 0 spiro atoms. The molecule has 1 aliphatic rings. The van der Waals surface area contributed by atoms with Gasteiger partial charge in [-0.15, -0.1) is 0 Å². The van der Waals surface area contributed by atoms with E-state index in [0.717, 1.165) is 18.4 Å². The quantitative estimate of drug-likeness (QED) is 0.628. The second kappa shape index (κ2) is 2.77. The number of fused-ring (bicyclic) bond motifs is 1. The molecule has 0 fully saturated rings. The van der Waals surface area contributed by atoms with Crippen LogP contribution in [-0.2, 0) is 6.42 Å². The maximum Gasteiger partial charge on any atom is 0.126 e. The first-order valence-electron chi connectivity index (χ1n) is 4.24. The van der Waals surface area contributed by atoms with Crippen LogP contribution in [0.1, 0.15) is 30.1 Å². The Morgan fingerprint density at radius 2 is 2.25 bits per heavy atom. The molecule has 0 bridgehead atoms. The molecule has 1 aromatic rings. The fourth-order valence-corrected chi connectivity index (χ4v) is 1.77. The molecule has 1 unspecified atom stereocenters. The molecule has 0 saturated carbocycles. The van der Waals surface area contributed by atoms with E-state index in [-0.39, 0.29) is 5.75 Å². The van der Waals surface area contributed by atoms with E-state index in [2.05, 4.69) is 0 Å². The third-order valence-corrected chi connectivity index (χ3v) is 2.41. The molecule has 12 heavy (non-hydrogen) atoms. The third-order valence-electron chi connectivity index (χ3n) is 2.41. The van der Waals surface area contributed by atoms with Crippen LogP contribution >= 0.6 is 0 Å². The first kappa shape index (κ1) is 7.59. The van der Waals surface area contributed by atoms with Gasteiger partial charge in [0.1, 0.15) is 11.9 Å². The Bertz CT molecular complexity index is 296. The Balaban J connectivity index is 2.52. The van der Waals surface area contributed by atoms with Gasteiger partial charge < -0.3 is 5.11 Å². The van der Waals surface area contributed by atoms with Crippen LogP contribution in [0.3, 0.4) is 0 Å². The van der Waals surface area contributed by atoms with E-state index in [9.17, 15) is 9.50 Å². The van der Waals surface area contributed by atoms with Crippen LogP contribution in [0.25, 0.3) is 0 Å². The molecule has 0 aromatic heterocycles. The number of alkyl halides is 1. The minimum atomic E-state index is -0.874. The van der Waals surface area contributed by atoms with E-state index in [0.29, 0.717) is 12.0 Å². The van der Waals surface area contributed by atoms with E-state index in [1.165, 1.54) is 0 Å². The predicted molar refractivity (Wildman–Crippen MR) is 44.9 cm³/mol. The summed E-state index contributed by atoms with van der Waals surface area (Å²) in [5.41, 5.74) is 1.48. The molecular weight excluding hydrogens is 155 g/mol. The first-order valence-corrected chi connectivity index (χ1v) is 4.24. The summed E-state index contributed by atoms with van der Waals surface area (Å²) in [6.45, 7) is 0. The van der Waals surface area contributed by atoms with E-state index in [1.807, 2.05) is 0 Å². The summed E-state index contributed by atoms with van der Waals surface area (Å²) < 4.78 is 13.2. The summed E-state index contributed by atoms with van der Waals surface area (Å²) in [5, 5.41) is 9.41. The number of aromatic hydroxyl groups is 1. The molecule has 1 aromatic carbocycles. The molecule has 2 rings (SSSR count). The smallest absolute Gasteiger partial charge is 0.126 e. The zero-order chi connectivity index (χ0) is 8.55. The van der Waals surface area contributed by atoms with Crippen LogP contribution in [0.15, 0.2) is 18.2 Å². The average molecular weight is 166 g/mol. The molecule has 0 amide bonds. The summed E-state index contributed by atoms with van der Waals surface area (Å²) in [6.07, 6.45) is 1.37. The average Bonchev–Trinajstić information content (AvgIpc) is 2.07. The topological polar surface area (TPSA) is 20.2 Å². The highest BCUT2D eigenvalue weighted by atomic mass is 19.1. The van der Waals surface area contributed by atoms with Crippen molar-refractivity contribution < 1.29 is 9.50 Å². The van der Waals surface area contributed by atoms with Gasteiger partial charge in [0, 0.05) is 0 Å². The molecule has 0 saturated heterocycles.